The highest BCUT2D eigenvalue weighted by atomic mass is 32.1. The van der Waals surface area contributed by atoms with Crippen molar-refractivity contribution in [2.75, 3.05) is 0 Å². The van der Waals surface area contributed by atoms with Crippen LogP contribution in [-0.2, 0) is 12.0 Å². The second kappa shape index (κ2) is 5.16. The Bertz CT molecular complexity index is 500. The van der Waals surface area contributed by atoms with Crippen molar-refractivity contribution in [1.29, 1.82) is 0 Å². The average Bonchev–Trinajstić information content (AvgIpc) is 2.78. The molecule has 0 saturated heterocycles. The molecule has 1 N–H and O–H groups in total. The Hall–Kier alpha value is -1.26. The zero-order chi connectivity index (χ0) is 13.2. The van der Waals surface area contributed by atoms with E-state index in [1.165, 1.54) is 12.1 Å². The predicted molar refractivity (Wildman–Crippen MR) is 68.6 cm³/mol. The lowest BCUT2D eigenvalue weighted by Crippen LogP contribution is -2.22. The van der Waals surface area contributed by atoms with Gasteiger partial charge in [-0.25, -0.2) is 8.78 Å². The first-order valence-electron chi connectivity index (χ1n) is 5.67. The lowest BCUT2D eigenvalue weighted by Gasteiger charge is -2.23. The monoisotopic (exact) mass is 268 g/mol. The molecule has 1 unspecified atom stereocenters. The Morgan fingerprint density at radius 3 is 2.44 bits per heavy atom. The number of halogens is 2. The van der Waals surface area contributed by atoms with Gasteiger partial charge in [0.2, 0.25) is 0 Å². The summed E-state index contributed by atoms with van der Waals surface area (Å²) in [6.07, 6.45) is 1.10. The SMILES string of the molecule is CC(O)(CCc1ccsc1)c1cc(F)cc(F)c1. The van der Waals surface area contributed by atoms with Crippen LogP contribution in [0.25, 0.3) is 0 Å². The van der Waals surface area contributed by atoms with Crippen molar-refractivity contribution >= 4 is 11.3 Å². The quantitative estimate of drug-likeness (QED) is 0.892. The number of thiophene rings is 1. The van der Waals surface area contributed by atoms with E-state index < -0.39 is 17.2 Å². The first kappa shape index (κ1) is 13.2. The van der Waals surface area contributed by atoms with Crippen LogP contribution in [0.3, 0.4) is 0 Å². The lowest BCUT2D eigenvalue weighted by atomic mass is 9.90. The summed E-state index contributed by atoms with van der Waals surface area (Å²) in [6, 6.07) is 5.14. The number of hydrogen-bond acceptors (Lipinski definition) is 2. The summed E-state index contributed by atoms with van der Waals surface area (Å²) >= 11 is 1.59. The van der Waals surface area contributed by atoms with Gasteiger partial charge in [-0.05, 0) is 59.9 Å². The van der Waals surface area contributed by atoms with E-state index in [0.29, 0.717) is 12.8 Å². The van der Waals surface area contributed by atoms with Gasteiger partial charge >= 0.3 is 0 Å². The van der Waals surface area contributed by atoms with Crippen LogP contribution in [0, 0.1) is 11.6 Å². The smallest absolute Gasteiger partial charge is 0.126 e. The van der Waals surface area contributed by atoms with E-state index in [1.807, 2.05) is 16.8 Å². The summed E-state index contributed by atoms with van der Waals surface area (Å²) in [5.41, 5.74) is 0.164. The molecule has 96 valence electrons. The second-order valence-electron chi connectivity index (χ2n) is 4.56. The van der Waals surface area contributed by atoms with Crippen molar-refractivity contribution in [1.82, 2.24) is 0 Å². The van der Waals surface area contributed by atoms with Crippen LogP contribution in [0.2, 0.25) is 0 Å². The van der Waals surface area contributed by atoms with Crippen molar-refractivity contribution in [2.24, 2.45) is 0 Å². The Labute approximate surface area is 109 Å². The van der Waals surface area contributed by atoms with Gasteiger partial charge in [0.25, 0.3) is 0 Å². The number of benzene rings is 1. The van der Waals surface area contributed by atoms with Gasteiger partial charge in [-0.3, -0.25) is 0 Å². The maximum Gasteiger partial charge on any atom is 0.126 e. The summed E-state index contributed by atoms with van der Waals surface area (Å²) in [5, 5.41) is 14.3. The van der Waals surface area contributed by atoms with Gasteiger partial charge in [0.1, 0.15) is 11.6 Å². The average molecular weight is 268 g/mol. The van der Waals surface area contributed by atoms with Crippen LogP contribution >= 0.6 is 11.3 Å². The summed E-state index contributed by atoms with van der Waals surface area (Å²) in [4.78, 5) is 0. The number of rotatable bonds is 4. The molecule has 0 bridgehead atoms. The van der Waals surface area contributed by atoms with Gasteiger partial charge in [0.05, 0.1) is 5.60 Å². The van der Waals surface area contributed by atoms with Gasteiger partial charge in [-0.1, -0.05) is 0 Å². The van der Waals surface area contributed by atoms with Crippen molar-refractivity contribution in [3.63, 3.8) is 0 Å². The van der Waals surface area contributed by atoms with E-state index in [2.05, 4.69) is 0 Å². The van der Waals surface area contributed by atoms with Gasteiger partial charge in [0.15, 0.2) is 0 Å². The maximum absolute atomic E-state index is 13.1. The summed E-state index contributed by atoms with van der Waals surface area (Å²) in [5.74, 6) is -1.33. The third-order valence-corrected chi connectivity index (χ3v) is 3.70. The molecular formula is C14H14F2OS. The van der Waals surface area contributed by atoms with E-state index in [9.17, 15) is 13.9 Å². The van der Waals surface area contributed by atoms with Crippen LogP contribution in [0.1, 0.15) is 24.5 Å². The molecule has 0 saturated carbocycles. The van der Waals surface area contributed by atoms with Gasteiger partial charge < -0.3 is 5.11 Å². The molecular weight excluding hydrogens is 254 g/mol. The molecule has 1 aromatic carbocycles. The highest BCUT2D eigenvalue weighted by Gasteiger charge is 2.24. The molecule has 0 aliphatic heterocycles. The maximum atomic E-state index is 13.1. The molecule has 18 heavy (non-hydrogen) atoms. The van der Waals surface area contributed by atoms with Gasteiger partial charge in [-0.15, -0.1) is 0 Å². The second-order valence-corrected chi connectivity index (χ2v) is 5.34. The number of aryl methyl sites for hydroxylation is 1. The van der Waals surface area contributed by atoms with E-state index in [0.717, 1.165) is 11.6 Å². The first-order valence-corrected chi connectivity index (χ1v) is 6.62. The van der Waals surface area contributed by atoms with E-state index in [-0.39, 0.29) is 5.56 Å². The topological polar surface area (TPSA) is 20.2 Å². The van der Waals surface area contributed by atoms with Crippen LogP contribution in [0.15, 0.2) is 35.0 Å². The fourth-order valence-corrected chi connectivity index (χ4v) is 2.53. The fraction of sp³-hybridized carbons (Fsp3) is 0.286. The van der Waals surface area contributed by atoms with E-state index in [4.69, 9.17) is 0 Å². The normalized spacial score (nSPS) is 14.4. The first-order chi connectivity index (χ1) is 8.47. The molecule has 1 heterocycles. The molecule has 1 aromatic heterocycles. The third kappa shape index (κ3) is 3.15. The standard InChI is InChI=1S/C14H14F2OS/c1-14(17,4-2-10-3-5-18-9-10)11-6-12(15)8-13(16)7-11/h3,5-9,17H,2,4H2,1H3. The molecule has 0 aliphatic carbocycles. The zero-order valence-corrected chi connectivity index (χ0v) is 10.8. The molecule has 0 fully saturated rings. The van der Waals surface area contributed by atoms with Crippen molar-refractivity contribution in [3.8, 4) is 0 Å². The summed E-state index contributed by atoms with van der Waals surface area (Å²) in [7, 11) is 0. The third-order valence-electron chi connectivity index (χ3n) is 2.97. The molecule has 2 aromatic rings. The zero-order valence-electron chi connectivity index (χ0n) is 9.99. The number of aliphatic hydroxyl groups is 1. The number of hydrogen-bond donors (Lipinski definition) is 1. The molecule has 0 amide bonds. The Balaban J connectivity index is 2.14. The van der Waals surface area contributed by atoms with Gasteiger partial charge in [0, 0.05) is 6.07 Å². The minimum absolute atomic E-state index is 0.273. The summed E-state index contributed by atoms with van der Waals surface area (Å²) < 4.78 is 26.2. The highest BCUT2D eigenvalue weighted by Crippen LogP contribution is 2.27. The predicted octanol–water partition coefficient (Wildman–Crippen LogP) is 3.87. The minimum Gasteiger partial charge on any atom is -0.385 e. The highest BCUT2D eigenvalue weighted by molar-refractivity contribution is 7.07. The molecule has 4 heteroatoms. The van der Waals surface area contributed by atoms with E-state index in [1.54, 1.807) is 18.3 Å². The van der Waals surface area contributed by atoms with E-state index >= 15 is 0 Å². The molecule has 0 radical (unpaired) electrons. The minimum atomic E-state index is -1.23. The van der Waals surface area contributed by atoms with Crippen molar-refractivity contribution in [3.05, 3.63) is 57.8 Å². The fourth-order valence-electron chi connectivity index (χ4n) is 1.83. The Kier molecular flexibility index (Phi) is 3.78. The van der Waals surface area contributed by atoms with Crippen molar-refractivity contribution in [2.45, 2.75) is 25.4 Å². The van der Waals surface area contributed by atoms with Crippen molar-refractivity contribution < 1.29 is 13.9 Å². The lowest BCUT2D eigenvalue weighted by molar-refractivity contribution is 0.0474. The van der Waals surface area contributed by atoms with Crippen LogP contribution < -0.4 is 0 Å². The molecule has 1 nitrogen and oxygen atoms in total. The molecule has 2 rings (SSSR count). The summed E-state index contributed by atoms with van der Waals surface area (Å²) in [6.45, 7) is 1.58. The largest absolute Gasteiger partial charge is 0.385 e. The molecule has 0 spiro atoms. The Morgan fingerprint density at radius 1 is 1.22 bits per heavy atom. The van der Waals surface area contributed by atoms with Crippen LogP contribution in [0.4, 0.5) is 8.78 Å². The Morgan fingerprint density at radius 2 is 1.89 bits per heavy atom. The van der Waals surface area contributed by atoms with Gasteiger partial charge in [-0.2, -0.15) is 11.3 Å². The molecule has 1 atom stereocenters. The van der Waals surface area contributed by atoms with Crippen LogP contribution in [-0.4, -0.2) is 5.11 Å². The molecule has 0 aliphatic rings. The van der Waals surface area contributed by atoms with Crippen LogP contribution in [0.5, 0.6) is 0 Å².